The molecule has 4 fully saturated rings. The molecule has 354 valence electrons. The second-order valence-electron chi connectivity index (χ2n) is 22.3. The van der Waals surface area contributed by atoms with Crippen LogP contribution in [-0.2, 0) is 20.9 Å². The predicted octanol–water partition coefficient (Wildman–Crippen LogP) is 9.86. The number of pyridine rings is 1. The third-order valence-corrected chi connectivity index (χ3v) is 17.1. The number of likely N-dealkylation sites (N-methyl/N-ethyl adjacent to an activating group) is 2. The van der Waals surface area contributed by atoms with Gasteiger partial charge in [-0.1, -0.05) is 53.9 Å². The van der Waals surface area contributed by atoms with Gasteiger partial charge in [-0.3, -0.25) is 24.5 Å². The number of nitrogens with one attached hydrogen (secondary N) is 2. The van der Waals surface area contributed by atoms with Gasteiger partial charge in [-0.15, -0.1) is 0 Å². The number of aromatic nitrogens is 1. The molecule has 10 nitrogen and oxygen atoms in total. The molecule has 1 amide bonds. The largest absolute Gasteiger partial charge is 0.462 e. The summed E-state index contributed by atoms with van der Waals surface area (Å²) in [5.74, 6) is 5.55. The van der Waals surface area contributed by atoms with Crippen molar-refractivity contribution < 1.29 is 14.3 Å². The van der Waals surface area contributed by atoms with Gasteiger partial charge in [0.1, 0.15) is 6.10 Å². The highest BCUT2D eigenvalue weighted by atomic mass is 16.5. The molecule has 2 heterocycles. The van der Waals surface area contributed by atoms with Gasteiger partial charge in [0.25, 0.3) is 0 Å². The number of carbonyl (C=O) groups is 2. The Morgan fingerprint density at radius 3 is 2.43 bits per heavy atom. The van der Waals surface area contributed by atoms with Gasteiger partial charge >= 0.3 is 5.97 Å². The number of carbonyl (C=O) groups excluding carboxylic acids is 2. The Kier molecular flexibility index (Phi) is 18.0. The molecule has 4 aliphatic carbocycles. The molecule has 10 heteroatoms. The lowest BCUT2D eigenvalue weighted by atomic mass is 9.44. The number of ether oxygens (including phenoxy) is 1. The lowest BCUT2D eigenvalue weighted by Crippen LogP contribution is -2.54. The summed E-state index contributed by atoms with van der Waals surface area (Å²) in [5.41, 5.74) is 4.35. The predicted molar refractivity (Wildman–Crippen MR) is 260 cm³/mol. The summed E-state index contributed by atoms with van der Waals surface area (Å²) in [4.78, 5) is 41.8. The standard InChI is InChI=1S/C53H89N7O3/c1-38(2)13-12-14-39(3)47-17-18-48-46-16-15-40-33-45(21-25-52(40,4)49(46)22-26-53(47,48)5)63-51(62)20-19-50(61)57-28-11-10-27-54-41-23-29-55-42(34-41)36-59(8)31-32-60(9)37-43-35-44(58(6)7)24-30-56-43/h23-24,29-30,34,38-40,43,45-49H,10-22,25-28,31-33,35-37H2,1-9H3,(H,54,55)(H,57,61)/t39-,40?,43?,45+,46+,47-,48+,49+,52+,53-/m1/s1. The number of fused-ring (bicyclic) bond motifs is 5. The second-order valence-corrected chi connectivity index (χ2v) is 22.3. The van der Waals surface area contributed by atoms with Gasteiger partial charge in [0, 0.05) is 90.0 Å². The van der Waals surface area contributed by atoms with Crippen molar-refractivity contribution in [2.75, 3.05) is 66.2 Å². The number of allylic oxidation sites excluding steroid dienone is 1. The Balaban J connectivity index is 0.814. The highest BCUT2D eigenvalue weighted by Crippen LogP contribution is 2.68. The van der Waals surface area contributed by atoms with Crippen LogP contribution < -0.4 is 10.6 Å². The molecule has 2 unspecified atom stereocenters. The van der Waals surface area contributed by atoms with E-state index in [4.69, 9.17) is 4.74 Å². The van der Waals surface area contributed by atoms with Gasteiger partial charge < -0.3 is 25.2 Å². The Hall–Kier alpha value is -2.98. The van der Waals surface area contributed by atoms with Crippen LogP contribution in [0.4, 0.5) is 5.69 Å². The maximum absolute atomic E-state index is 13.0. The summed E-state index contributed by atoms with van der Waals surface area (Å²) in [6.07, 6.45) is 24.8. The Bertz CT molecular complexity index is 1680. The number of unbranched alkanes of at least 4 members (excludes halogenated alkanes) is 1. The minimum absolute atomic E-state index is 0.00530. The average Bonchev–Trinajstić information content (AvgIpc) is 3.61. The van der Waals surface area contributed by atoms with E-state index in [1.54, 1.807) is 0 Å². The zero-order valence-electron chi connectivity index (χ0n) is 41.3. The number of anilines is 1. The van der Waals surface area contributed by atoms with Crippen LogP contribution in [0.1, 0.15) is 149 Å². The van der Waals surface area contributed by atoms with Gasteiger partial charge in [-0.25, -0.2) is 0 Å². The van der Waals surface area contributed by atoms with E-state index >= 15 is 0 Å². The monoisotopic (exact) mass is 872 g/mol. The maximum Gasteiger partial charge on any atom is 0.306 e. The van der Waals surface area contributed by atoms with Crippen molar-refractivity contribution in [3.8, 4) is 0 Å². The lowest BCUT2D eigenvalue weighted by Gasteiger charge is -2.61. The second kappa shape index (κ2) is 23.0. The molecule has 0 spiro atoms. The number of amides is 1. The number of dihydropyridines is 1. The summed E-state index contributed by atoms with van der Waals surface area (Å²) in [7, 11) is 8.52. The third-order valence-electron chi connectivity index (χ3n) is 17.1. The van der Waals surface area contributed by atoms with Gasteiger partial charge in [-0.2, -0.15) is 0 Å². The van der Waals surface area contributed by atoms with Gasteiger partial charge in [0.15, 0.2) is 0 Å². The highest BCUT2D eigenvalue weighted by Gasteiger charge is 2.60. The van der Waals surface area contributed by atoms with Crippen LogP contribution in [0, 0.1) is 52.3 Å². The molecular formula is C53H89N7O3. The molecule has 0 aromatic carbocycles. The quantitative estimate of drug-likeness (QED) is 0.0829. The zero-order chi connectivity index (χ0) is 45.1. The fourth-order valence-corrected chi connectivity index (χ4v) is 13.5. The SMILES string of the molecule is CC(C)CCC[C@@H](C)[C@H]1CC[C@H]2[C@@H]3CCC4C[C@@H](OC(=O)CCC(=O)NCCCCNc5ccnc(CN(C)CCN(C)CC6CC(N(C)C)=CC=N6)c5)CC[C@]4(C)[C@H]3CC[C@]12C. The molecule has 63 heavy (non-hydrogen) atoms. The lowest BCUT2D eigenvalue weighted by molar-refractivity contribution is -0.163. The first-order valence-electron chi connectivity index (χ1n) is 25.6. The molecule has 10 atom stereocenters. The maximum atomic E-state index is 13.0. The molecule has 5 aliphatic rings. The Labute approximate surface area is 383 Å². The smallest absolute Gasteiger partial charge is 0.306 e. The third kappa shape index (κ3) is 13.3. The number of aliphatic imine (C=N–C) groups is 1. The highest BCUT2D eigenvalue weighted by molar-refractivity contribution is 5.81. The van der Waals surface area contributed by atoms with Crippen LogP contribution >= 0.6 is 0 Å². The summed E-state index contributed by atoms with van der Waals surface area (Å²) in [5, 5.41) is 6.55. The van der Waals surface area contributed by atoms with Crippen molar-refractivity contribution in [1.29, 1.82) is 0 Å². The van der Waals surface area contributed by atoms with Crippen molar-refractivity contribution in [1.82, 2.24) is 25.0 Å². The van der Waals surface area contributed by atoms with Crippen molar-refractivity contribution in [3.05, 3.63) is 35.8 Å². The summed E-state index contributed by atoms with van der Waals surface area (Å²) >= 11 is 0. The van der Waals surface area contributed by atoms with E-state index in [-0.39, 0.29) is 30.8 Å². The van der Waals surface area contributed by atoms with Crippen molar-refractivity contribution in [3.63, 3.8) is 0 Å². The first-order valence-corrected chi connectivity index (χ1v) is 25.6. The summed E-state index contributed by atoms with van der Waals surface area (Å²) < 4.78 is 6.09. The molecule has 1 aromatic rings. The van der Waals surface area contributed by atoms with Gasteiger partial charge in [0.05, 0.1) is 18.2 Å². The van der Waals surface area contributed by atoms with Crippen molar-refractivity contribution >= 4 is 23.8 Å². The van der Waals surface area contributed by atoms with Crippen LogP contribution in [0.15, 0.2) is 35.1 Å². The van der Waals surface area contributed by atoms with E-state index in [0.717, 1.165) is 112 Å². The Morgan fingerprint density at radius 1 is 0.873 bits per heavy atom. The number of hydrogen-bond acceptors (Lipinski definition) is 9. The van der Waals surface area contributed by atoms with E-state index in [1.807, 2.05) is 18.5 Å². The number of nitrogens with zero attached hydrogens (tertiary/aromatic N) is 5. The molecule has 2 N–H and O–H groups in total. The fourth-order valence-electron chi connectivity index (χ4n) is 13.5. The van der Waals surface area contributed by atoms with Crippen LogP contribution in [0.3, 0.4) is 0 Å². The average molecular weight is 872 g/mol. The molecule has 4 saturated carbocycles. The summed E-state index contributed by atoms with van der Waals surface area (Å²) in [6, 6.07) is 4.46. The zero-order valence-corrected chi connectivity index (χ0v) is 41.3. The Morgan fingerprint density at radius 2 is 1.63 bits per heavy atom. The fraction of sp³-hybridized carbons (Fsp3) is 0.811. The number of hydrogen-bond donors (Lipinski definition) is 2. The number of rotatable bonds is 23. The van der Waals surface area contributed by atoms with Gasteiger partial charge in [-0.05, 0) is 155 Å². The topological polar surface area (TPSA) is 102 Å². The first-order chi connectivity index (χ1) is 30.1. The van der Waals surface area contributed by atoms with Crippen LogP contribution in [0.5, 0.6) is 0 Å². The van der Waals surface area contributed by atoms with Crippen LogP contribution in [0.25, 0.3) is 0 Å². The van der Waals surface area contributed by atoms with Crippen molar-refractivity contribution in [2.24, 2.45) is 57.2 Å². The first kappa shape index (κ1) is 49.5. The van der Waals surface area contributed by atoms with Crippen LogP contribution in [-0.4, -0.2) is 111 Å². The van der Waals surface area contributed by atoms with E-state index in [1.165, 1.54) is 69.9 Å². The molecule has 1 aromatic heterocycles. The molecule has 0 bridgehead atoms. The minimum Gasteiger partial charge on any atom is -0.462 e. The van der Waals surface area contributed by atoms with E-state index in [0.29, 0.717) is 29.3 Å². The van der Waals surface area contributed by atoms with Gasteiger partial charge in [0.2, 0.25) is 5.91 Å². The van der Waals surface area contributed by atoms with E-state index < -0.39 is 0 Å². The molecule has 1 aliphatic heterocycles. The molecule has 0 saturated heterocycles. The minimum atomic E-state index is -0.207. The van der Waals surface area contributed by atoms with E-state index in [2.05, 4.69) is 110 Å². The molecule has 0 radical (unpaired) electrons. The molecule has 6 rings (SSSR count). The van der Waals surface area contributed by atoms with Crippen molar-refractivity contribution in [2.45, 2.75) is 162 Å². The normalized spacial score (nSPS) is 30.7. The van der Waals surface area contributed by atoms with Crippen LogP contribution in [0.2, 0.25) is 0 Å². The number of esters is 1. The molecular weight excluding hydrogens is 783 g/mol. The van der Waals surface area contributed by atoms with E-state index in [9.17, 15) is 9.59 Å². The summed E-state index contributed by atoms with van der Waals surface area (Å²) in [6.45, 7) is 17.7.